The van der Waals surface area contributed by atoms with Crippen molar-refractivity contribution in [1.82, 2.24) is 9.80 Å². The van der Waals surface area contributed by atoms with Crippen LogP contribution in [-0.4, -0.2) is 41.5 Å². The standard InChI is InChI=1S/C27H27F3N2O4S/c1-18(2)13-32(26(34)20-5-3-6-21(12-20)27(28,29)30)16-25(33)31(15-22-7-4-10-37-22)14-19-8-9-23-24(11-19)36-17-35-23/h3-12,18H,13-17H2,1-2H3. The van der Waals surface area contributed by atoms with E-state index in [-0.39, 0.29) is 43.8 Å². The van der Waals surface area contributed by atoms with E-state index in [1.54, 1.807) is 11.0 Å². The van der Waals surface area contributed by atoms with Gasteiger partial charge in [0.2, 0.25) is 12.7 Å². The summed E-state index contributed by atoms with van der Waals surface area (Å²) in [5, 5.41) is 1.92. The molecule has 1 aliphatic rings. The van der Waals surface area contributed by atoms with Crippen LogP contribution in [0, 0.1) is 5.92 Å². The molecule has 2 aromatic carbocycles. The van der Waals surface area contributed by atoms with Gasteiger partial charge < -0.3 is 19.3 Å². The topological polar surface area (TPSA) is 59.1 Å². The Morgan fingerprint density at radius 2 is 1.76 bits per heavy atom. The SMILES string of the molecule is CC(C)CN(CC(=O)N(Cc1ccc2c(c1)OCO2)Cc1cccs1)C(=O)c1cccc(C(F)(F)F)c1. The van der Waals surface area contributed by atoms with Crippen LogP contribution in [0.2, 0.25) is 0 Å². The zero-order chi connectivity index (χ0) is 26.6. The van der Waals surface area contributed by atoms with E-state index in [1.165, 1.54) is 28.4 Å². The first-order valence-corrected chi connectivity index (χ1v) is 12.6. The van der Waals surface area contributed by atoms with E-state index in [0.717, 1.165) is 22.6 Å². The van der Waals surface area contributed by atoms with Crippen molar-refractivity contribution in [1.29, 1.82) is 0 Å². The highest BCUT2D eigenvalue weighted by atomic mass is 32.1. The molecular formula is C27H27F3N2O4S. The molecule has 0 atom stereocenters. The molecule has 0 bridgehead atoms. The Bertz CT molecular complexity index is 1240. The number of nitrogens with zero attached hydrogens (tertiary/aromatic N) is 2. The maximum atomic E-state index is 13.6. The van der Waals surface area contributed by atoms with Gasteiger partial charge in [-0.25, -0.2) is 0 Å². The van der Waals surface area contributed by atoms with Crippen LogP contribution in [-0.2, 0) is 24.1 Å². The van der Waals surface area contributed by atoms with Crippen molar-refractivity contribution in [3.63, 3.8) is 0 Å². The highest BCUT2D eigenvalue weighted by Gasteiger charge is 2.32. The van der Waals surface area contributed by atoms with Gasteiger partial charge in [-0.15, -0.1) is 11.3 Å². The predicted octanol–water partition coefficient (Wildman–Crippen LogP) is 5.82. The molecule has 1 aliphatic heterocycles. The van der Waals surface area contributed by atoms with E-state index in [4.69, 9.17) is 9.47 Å². The van der Waals surface area contributed by atoms with E-state index in [9.17, 15) is 22.8 Å². The van der Waals surface area contributed by atoms with Gasteiger partial charge in [-0.2, -0.15) is 13.2 Å². The number of thiophene rings is 1. The van der Waals surface area contributed by atoms with Crippen molar-refractivity contribution >= 4 is 23.2 Å². The molecule has 6 nitrogen and oxygen atoms in total. The summed E-state index contributed by atoms with van der Waals surface area (Å²) in [7, 11) is 0. The lowest BCUT2D eigenvalue weighted by Crippen LogP contribution is -2.43. The molecule has 1 aromatic heterocycles. The lowest BCUT2D eigenvalue weighted by molar-refractivity contribution is -0.137. The molecule has 196 valence electrons. The second-order valence-electron chi connectivity index (χ2n) is 9.17. The number of halogens is 3. The Labute approximate surface area is 217 Å². The average Bonchev–Trinajstić information content (AvgIpc) is 3.53. The summed E-state index contributed by atoms with van der Waals surface area (Å²) in [6, 6.07) is 13.6. The fourth-order valence-corrected chi connectivity index (χ4v) is 4.74. The Morgan fingerprint density at radius 1 is 0.973 bits per heavy atom. The molecular weight excluding hydrogens is 505 g/mol. The van der Waals surface area contributed by atoms with E-state index in [2.05, 4.69) is 0 Å². The number of hydrogen-bond acceptors (Lipinski definition) is 5. The summed E-state index contributed by atoms with van der Waals surface area (Å²) in [5.74, 6) is 0.304. The monoisotopic (exact) mass is 532 g/mol. The molecule has 0 aliphatic carbocycles. The van der Waals surface area contributed by atoms with E-state index >= 15 is 0 Å². The van der Waals surface area contributed by atoms with Crippen LogP contribution in [0.1, 0.15) is 40.2 Å². The highest BCUT2D eigenvalue weighted by Crippen LogP contribution is 2.33. The summed E-state index contributed by atoms with van der Waals surface area (Å²) in [6.45, 7) is 4.46. The molecule has 0 saturated carbocycles. The Morgan fingerprint density at radius 3 is 2.46 bits per heavy atom. The fraction of sp³-hybridized carbons (Fsp3) is 0.333. The number of amides is 2. The van der Waals surface area contributed by atoms with Crippen LogP contribution in [0.3, 0.4) is 0 Å². The molecule has 0 unspecified atom stereocenters. The number of alkyl halides is 3. The van der Waals surface area contributed by atoms with Crippen LogP contribution in [0.15, 0.2) is 60.0 Å². The zero-order valence-electron chi connectivity index (χ0n) is 20.5. The molecule has 2 heterocycles. The summed E-state index contributed by atoms with van der Waals surface area (Å²) >= 11 is 1.51. The quantitative estimate of drug-likeness (QED) is 0.348. The second-order valence-corrected chi connectivity index (χ2v) is 10.2. The molecule has 4 rings (SSSR count). The fourth-order valence-electron chi connectivity index (χ4n) is 4.02. The predicted molar refractivity (Wildman–Crippen MR) is 133 cm³/mol. The van der Waals surface area contributed by atoms with Gasteiger partial charge in [-0.05, 0) is 53.3 Å². The Balaban J connectivity index is 1.56. The van der Waals surface area contributed by atoms with Crippen molar-refractivity contribution in [2.45, 2.75) is 33.1 Å². The van der Waals surface area contributed by atoms with Crippen LogP contribution in [0.25, 0.3) is 0 Å². The van der Waals surface area contributed by atoms with Gasteiger partial charge in [0.25, 0.3) is 5.91 Å². The average molecular weight is 533 g/mol. The van der Waals surface area contributed by atoms with Crippen LogP contribution >= 0.6 is 11.3 Å². The number of benzene rings is 2. The van der Waals surface area contributed by atoms with Crippen molar-refractivity contribution in [2.24, 2.45) is 5.92 Å². The summed E-state index contributed by atoms with van der Waals surface area (Å²) in [5.41, 5.74) is -0.186. The lowest BCUT2D eigenvalue weighted by atomic mass is 10.1. The van der Waals surface area contributed by atoms with E-state index in [0.29, 0.717) is 18.0 Å². The first-order valence-electron chi connectivity index (χ1n) is 11.8. The Hall–Kier alpha value is -3.53. The van der Waals surface area contributed by atoms with Gasteiger partial charge in [0.1, 0.15) is 6.54 Å². The number of hydrogen-bond donors (Lipinski definition) is 0. The molecule has 0 radical (unpaired) electrons. The third-order valence-electron chi connectivity index (χ3n) is 5.73. The van der Waals surface area contributed by atoms with E-state index in [1.807, 2.05) is 43.5 Å². The van der Waals surface area contributed by atoms with Crippen LogP contribution < -0.4 is 9.47 Å². The molecule has 0 fully saturated rings. The largest absolute Gasteiger partial charge is 0.454 e. The molecule has 10 heteroatoms. The lowest BCUT2D eigenvalue weighted by Gasteiger charge is -2.29. The molecule has 2 amide bonds. The molecule has 37 heavy (non-hydrogen) atoms. The van der Waals surface area contributed by atoms with Crippen molar-refractivity contribution in [2.75, 3.05) is 19.9 Å². The number of carbonyl (C=O) groups is 2. The normalized spacial score (nSPS) is 12.6. The Kier molecular flexibility index (Phi) is 8.06. The molecule has 0 saturated heterocycles. The van der Waals surface area contributed by atoms with Crippen molar-refractivity contribution in [3.8, 4) is 11.5 Å². The van der Waals surface area contributed by atoms with Crippen molar-refractivity contribution < 1.29 is 32.2 Å². The van der Waals surface area contributed by atoms with E-state index < -0.39 is 17.6 Å². The third kappa shape index (κ3) is 6.82. The van der Waals surface area contributed by atoms with Gasteiger partial charge in [0.05, 0.1) is 12.1 Å². The van der Waals surface area contributed by atoms with Gasteiger partial charge >= 0.3 is 6.18 Å². The highest BCUT2D eigenvalue weighted by molar-refractivity contribution is 7.09. The summed E-state index contributed by atoms with van der Waals surface area (Å²) < 4.78 is 50.5. The smallest absolute Gasteiger partial charge is 0.416 e. The zero-order valence-corrected chi connectivity index (χ0v) is 21.3. The van der Waals surface area contributed by atoms with Gasteiger partial charge in [-0.3, -0.25) is 9.59 Å². The minimum absolute atomic E-state index is 0.00199. The van der Waals surface area contributed by atoms with Crippen molar-refractivity contribution in [3.05, 3.63) is 81.5 Å². The first kappa shape index (κ1) is 26.5. The number of fused-ring (bicyclic) bond motifs is 1. The van der Waals surface area contributed by atoms with Gasteiger partial charge in [0.15, 0.2) is 11.5 Å². The van der Waals surface area contributed by atoms with Gasteiger partial charge in [0, 0.05) is 23.5 Å². The third-order valence-corrected chi connectivity index (χ3v) is 6.59. The second kappa shape index (κ2) is 11.2. The number of ether oxygens (including phenoxy) is 2. The number of rotatable bonds is 9. The summed E-state index contributed by atoms with van der Waals surface area (Å²) in [4.78, 5) is 30.8. The van der Waals surface area contributed by atoms with Crippen LogP contribution in [0.5, 0.6) is 11.5 Å². The molecule has 0 N–H and O–H groups in total. The van der Waals surface area contributed by atoms with Gasteiger partial charge in [-0.1, -0.05) is 32.0 Å². The maximum absolute atomic E-state index is 13.6. The minimum atomic E-state index is -4.57. The minimum Gasteiger partial charge on any atom is -0.454 e. The summed E-state index contributed by atoms with van der Waals surface area (Å²) in [6.07, 6.45) is -4.57. The first-order chi connectivity index (χ1) is 17.6. The molecule has 3 aromatic rings. The maximum Gasteiger partial charge on any atom is 0.416 e. The van der Waals surface area contributed by atoms with Crippen LogP contribution in [0.4, 0.5) is 13.2 Å². The number of carbonyl (C=O) groups excluding carboxylic acids is 2. The molecule has 0 spiro atoms.